The van der Waals surface area contributed by atoms with Crippen LogP contribution in [0.3, 0.4) is 0 Å². The Balaban J connectivity index is 1.96. The Bertz CT molecular complexity index is 551. The topological polar surface area (TPSA) is 50.1 Å². The lowest BCUT2D eigenvalue weighted by molar-refractivity contribution is 0.464. The van der Waals surface area contributed by atoms with Gasteiger partial charge in [-0.25, -0.2) is 0 Å². The van der Waals surface area contributed by atoms with Gasteiger partial charge < -0.3 is 10.4 Å². The third-order valence-electron chi connectivity index (χ3n) is 3.01. The van der Waals surface area contributed by atoms with Crippen LogP contribution in [0, 0.1) is 6.92 Å². The van der Waals surface area contributed by atoms with Gasteiger partial charge in [0.1, 0.15) is 5.75 Å². The van der Waals surface area contributed by atoms with E-state index in [1.165, 1.54) is 5.56 Å². The van der Waals surface area contributed by atoms with Crippen molar-refractivity contribution in [1.82, 2.24) is 15.1 Å². The average Bonchev–Trinajstić information content (AvgIpc) is 2.65. The van der Waals surface area contributed by atoms with Crippen LogP contribution in [-0.4, -0.2) is 14.9 Å². The van der Waals surface area contributed by atoms with E-state index in [-0.39, 0.29) is 0 Å². The molecular formula is C13H16BrN3O. The summed E-state index contributed by atoms with van der Waals surface area (Å²) in [6.07, 6.45) is 1.86. The second kappa shape index (κ2) is 5.54. The molecule has 4 nitrogen and oxygen atoms in total. The van der Waals surface area contributed by atoms with E-state index in [0.717, 1.165) is 22.3 Å². The maximum atomic E-state index is 9.71. The number of aromatic hydroxyl groups is 1. The largest absolute Gasteiger partial charge is 0.508 e. The maximum Gasteiger partial charge on any atom is 0.120 e. The lowest BCUT2D eigenvalue weighted by Crippen LogP contribution is -2.13. The third kappa shape index (κ3) is 2.91. The molecule has 5 heteroatoms. The zero-order chi connectivity index (χ0) is 13.1. The van der Waals surface area contributed by atoms with Crippen LogP contribution in [-0.2, 0) is 20.1 Å². The molecule has 96 valence electrons. The summed E-state index contributed by atoms with van der Waals surface area (Å²) in [7, 11) is 1.93. The number of rotatable bonds is 4. The van der Waals surface area contributed by atoms with E-state index < -0.39 is 0 Å². The number of phenols is 1. The normalized spacial score (nSPS) is 10.8. The quantitative estimate of drug-likeness (QED) is 0.912. The molecule has 0 bridgehead atoms. The molecule has 0 unspecified atom stereocenters. The minimum absolute atomic E-state index is 0.314. The Morgan fingerprint density at radius 3 is 2.72 bits per heavy atom. The monoisotopic (exact) mass is 309 g/mol. The first-order valence-electron chi connectivity index (χ1n) is 5.73. The first-order valence-corrected chi connectivity index (χ1v) is 6.53. The number of hydrogen-bond acceptors (Lipinski definition) is 3. The van der Waals surface area contributed by atoms with Crippen LogP contribution < -0.4 is 5.32 Å². The van der Waals surface area contributed by atoms with Gasteiger partial charge in [0.2, 0.25) is 0 Å². The molecule has 0 fully saturated rings. The second-order valence-corrected chi connectivity index (χ2v) is 5.17. The molecule has 0 atom stereocenters. The summed E-state index contributed by atoms with van der Waals surface area (Å²) in [6, 6.07) is 5.43. The Morgan fingerprint density at radius 1 is 1.33 bits per heavy atom. The highest BCUT2D eigenvalue weighted by atomic mass is 79.9. The highest BCUT2D eigenvalue weighted by Crippen LogP contribution is 2.21. The van der Waals surface area contributed by atoms with Gasteiger partial charge in [-0.15, -0.1) is 0 Å². The summed E-state index contributed by atoms with van der Waals surface area (Å²) in [5, 5.41) is 17.2. The summed E-state index contributed by atoms with van der Waals surface area (Å²) in [4.78, 5) is 0. The van der Waals surface area contributed by atoms with Crippen LogP contribution in [0.2, 0.25) is 0 Å². The number of benzene rings is 1. The van der Waals surface area contributed by atoms with Gasteiger partial charge >= 0.3 is 0 Å². The number of nitrogens with zero attached hydrogens (tertiary/aromatic N) is 2. The molecule has 0 amide bonds. The minimum Gasteiger partial charge on any atom is -0.508 e. The lowest BCUT2D eigenvalue weighted by atomic mass is 10.2. The van der Waals surface area contributed by atoms with Gasteiger partial charge in [0.05, 0.1) is 6.20 Å². The third-order valence-corrected chi connectivity index (χ3v) is 3.50. The smallest absolute Gasteiger partial charge is 0.120 e. The van der Waals surface area contributed by atoms with E-state index in [4.69, 9.17) is 0 Å². The van der Waals surface area contributed by atoms with E-state index >= 15 is 0 Å². The molecule has 0 aliphatic heterocycles. The summed E-state index contributed by atoms with van der Waals surface area (Å²) in [5.74, 6) is 0.314. The molecule has 2 rings (SSSR count). The van der Waals surface area contributed by atoms with Crippen molar-refractivity contribution in [3.05, 3.63) is 45.7 Å². The number of phenolic OH excluding ortho intramolecular Hbond substituents is 1. The fourth-order valence-corrected chi connectivity index (χ4v) is 2.15. The summed E-state index contributed by atoms with van der Waals surface area (Å²) in [5.41, 5.74) is 3.21. The fourth-order valence-electron chi connectivity index (χ4n) is 1.75. The van der Waals surface area contributed by atoms with Crippen LogP contribution in [0.1, 0.15) is 16.8 Å². The van der Waals surface area contributed by atoms with Crippen molar-refractivity contribution in [3.63, 3.8) is 0 Å². The first-order chi connectivity index (χ1) is 8.58. The average molecular weight is 310 g/mol. The van der Waals surface area contributed by atoms with Gasteiger partial charge in [-0.2, -0.15) is 5.10 Å². The van der Waals surface area contributed by atoms with Gasteiger partial charge in [0.15, 0.2) is 0 Å². The Kier molecular flexibility index (Phi) is 4.04. The lowest BCUT2D eigenvalue weighted by Gasteiger charge is -2.07. The number of aromatic nitrogens is 2. The van der Waals surface area contributed by atoms with Crippen molar-refractivity contribution in [2.24, 2.45) is 7.05 Å². The summed E-state index contributed by atoms with van der Waals surface area (Å²) >= 11 is 3.40. The highest BCUT2D eigenvalue weighted by Gasteiger charge is 2.05. The molecule has 0 saturated carbocycles. The van der Waals surface area contributed by atoms with Gasteiger partial charge in [-0.3, -0.25) is 4.68 Å². The molecule has 1 heterocycles. The van der Waals surface area contributed by atoms with Gasteiger partial charge in [-0.1, -0.05) is 15.9 Å². The van der Waals surface area contributed by atoms with Gasteiger partial charge in [0, 0.05) is 41.4 Å². The molecule has 0 saturated heterocycles. The Hall–Kier alpha value is -1.33. The molecule has 2 N–H and O–H groups in total. The Labute approximate surface area is 115 Å². The predicted octanol–water partition coefficient (Wildman–Crippen LogP) is 2.49. The molecule has 0 radical (unpaired) electrons. The predicted molar refractivity (Wildman–Crippen MR) is 74.3 cm³/mol. The standard InChI is InChI=1S/C13H16BrN3O/c1-9-11(8-16-17(9)2)7-15-6-10-5-12(14)3-4-13(10)18/h3-5,8,15,18H,6-7H2,1-2H3. The van der Waals surface area contributed by atoms with Crippen LogP contribution >= 0.6 is 15.9 Å². The fraction of sp³-hybridized carbons (Fsp3) is 0.308. The van der Waals surface area contributed by atoms with Crippen LogP contribution in [0.4, 0.5) is 0 Å². The van der Waals surface area contributed by atoms with Crippen molar-refractivity contribution in [1.29, 1.82) is 0 Å². The number of halogens is 1. The molecule has 0 aliphatic rings. The number of aryl methyl sites for hydroxylation is 1. The number of hydrogen-bond donors (Lipinski definition) is 2. The van der Waals surface area contributed by atoms with Gasteiger partial charge in [-0.05, 0) is 25.1 Å². The molecule has 2 aromatic rings. The van der Waals surface area contributed by atoms with E-state index in [2.05, 4.69) is 26.3 Å². The van der Waals surface area contributed by atoms with Crippen LogP contribution in [0.25, 0.3) is 0 Å². The van der Waals surface area contributed by atoms with Crippen molar-refractivity contribution in [2.75, 3.05) is 0 Å². The number of nitrogens with one attached hydrogen (secondary N) is 1. The Morgan fingerprint density at radius 2 is 2.06 bits per heavy atom. The van der Waals surface area contributed by atoms with Crippen LogP contribution in [0.15, 0.2) is 28.9 Å². The zero-order valence-corrected chi connectivity index (χ0v) is 12.0. The molecule has 0 spiro atoms. The van der Waals surface area contributed by atoms with E-state index in [0.29, 0.717) is 12.3 Å². The SMILES string of the molecule is Cc1c(CNCc2cc(Br)ccc2O)cnn1C. The van der Waals surface area contributed by atoms with E-state index in [9.17, 15) is 5.11 Å². The van der Waals surface area contributed by atoms with Gasteiger partial charge in [0.25, 0.3) is 0 Å². The highest BCUT2D eigenvalue weighted by molar-refractivity contribution is 9.10. The summed E-state index contributed by atoms with van der Waals surface area (Å²) in [6.45, 7) is 3.41. The molecule has 1 aromatic heterocycles. The molecule has 0 aliphatic carbocycles. The second-order valence-electron chi connectivity index (χ2n) is 4.26. The van der Waals surface area contributed by atoms with Crippen molar-refractivity contribution in [3.8, 4) is 5.75 Å². The molecular weight excluding hydrogens is 294 g/mol. The van der Waals surface area contributed by atoms with E-state index in [1.54, 1.807) is 6.07 Å². The van der Waals surface area contributed by atoms with Crippen molar-refractivity contribution in [2.45, 2.75) is 20.0 Å². The maximum absolute atomic E-state index is 9.71. The van der Waals surface area contributed by atoms with E-state index in [1.807, 2.05) is 37.0 Å². The molecule has 18 heavy (non-hydrogen) atoms. The first kappa shape index (κ1) is 13.1. The van der Waals surface area contributed by atoms with Crippen molar-refractivity contribution >= 4 is 15.9 Å². The van der Waals surface area contributed by atoms with Crippen LogP contribution in [0.5, 0.6) is 5.75 Å². The molecule has 1 aromatic carbocycles. The van der Waals surface area contributed by atoms with Crippen molar-refractivity contribution < 1.29 is 5.11 Å². The minimum atomic E-state index is 0.314. The summed E-state index contributed by atoms with van der Waals surface area (Å²) < 4.78 is 2.82. The zero-order valence-electron chi connectivity index (χ0n) is 10.4.